The highest BCUT2D eigenvalue weighted by Crippen LogP contribution is 2.28. The number of hydrogen-bond donors (Lipinski definition) is 0. The summed E-state index contributed by atoms with van der Waals surface area (Å²) < 4.78 is 0. The zero-order valence-corrected chi connectivity index (χ0v) is 10.8. The predicted octanol–water partition coefficient (Wildman–Crippen LogP) is 5.44. The van der Waals surface area contributed by atoms with Crippen LogP contribution in [0.1, 0.15) is 66.2 Å². The van der Waals surface area contributed by atoms with Crippen molar-refractivity contribution in [3.8, 4) is 0 Å². The molecule has 86 valence electrons. The number of hydrogen-bond acceptors (Lipinski definition) is 0. The maximum atomic E-state index is 3.00. The Morgan fingerprint density at radius 2 is 1.43 bits per heavy atom. The van der Waals surface area contributed by atoms with Crippen molar-refractivity contribution in [2.45, 2.75) is 66.2 Å². The second kappa shape index (κ2) is 12.7. The van der Waals surface area contributed by atoms with Crippen molar-refractivity contribution >= 4 is 0 Å². The van der Waals surface area contributed by atoms with E-state index in [2.05, 4.69) is 27.0 Å². The Hall–Kier alpha value is -0.260. The van der Waals surface area contributed by atoms with Gasteiger partial charge in [-0.25, -0.2) is 0 Å². The molecular weight excluding hydrogens is 168 g/mol. The van der Waals surface area contributed by atoms with Gasteiger partial charge < -0.3 is 0 Å². The van der Waals surface area contributed by atoms with E-state index in [4.69, 9.17) is 0 Å². The minimum atomic E-state index is 0.920. The van der Waals surface area contributed by atoms with Crippen molar-refractivity contribution in [1.29, 1.82) is 0 Å². The van der Waals surface area contributed by atoms with Crippen molar-refractivity contribution in [2.24, 2.45) is 11.8 Å². The molecule has 1 saturated carbocycles. The van der Waals surface area contributed by atoms with Crippen LogP contribution < -0.4 is 0 Å². The first kappa shape index (κ1) is 16.2. The molecule has 0 bridgehead atoms. The van der Waals surface area contributed by atoms with Gasteiger partial charge in [-0.05, 0) is 18.3 Å². The predicted molar refractivity (Wildman–Crippen MR) is 68.6 cm³/mol. The largest absolute Gasteiger partial charge is 0.106 e. The van der Waals surface area contributed by atoms with Gasteiger partial charge in [0.15, 0.2) is 0 Å². The van der Waals surface area contributed by atoms with E-state index in [9.17, 15) is 0 Å². The lowest BCUT2D eigenvalue weighted by atomic mass is 9.84. The van der Waals surface area contributed by atoms with Crippen LogP contribution in [-0.2, 0) is 0 Å². The molecule has 0 atom stereocenters. The van der Waals surface area contributed by atoms with Crippen LogP contribution in [0.2, 0.25) is 0 Å². The van der Waals surface area contributed by atoms with Crippen molar-refractivity contribution in [3.63, 3.8) is 0 Å². The van der Waals surface area contributed by atoms with Gasteiger partial charge in [-0.2, -0.15) is 0 Å². The topological polar surface area (TPSA) is 0 Å². The summed E-state index contributed by atoms with van der Waals surface area (Å²) in [5.74, 6) is 2.00. The molecular formula is C14H30. The third-order valence-electron chi connectivity index (χ3n) is 2.53. The van der Waals surface area contributed by atoms with Gasteiger partial charge in [0.2, 0.25) is 0 Å². The van der Waals surface area contributed by atoms with Gasteiger partial charge in [0.25, 0.3) is 0 Å². The molecule has 0 nitrogen and oxygen atoms in total. The lowest BCUT2D eigenvalue weighted by Gasteiger charge is -2.22. The molecule has 0 N–H and O–H groups in total. The standard InChI is InChI=1S/C10H20.C2H6.C2H4/c1-9(2)8-10-6-4-3-5-7-10;2*1-2/h9-10H,3-8H2,1-2H3;1-2H3;1-2H2. The maximum absolute atomic E-state index is 3.00. The van der Waals surface area contributed by atoms with Crippen LogP contribution in [0.5, 0.6) is 0 Å². The Morgan fingerprint density at radius 1 is 1.00 bits per heavy atom. The first-order valence-electron chi connectivity index (χ1n) is 6.29. The lowest BCUT2D eigenvalue weighted by molar-refractivity contribution is 0.305. The van der Waals surface area contributed by atoms with Crippen LogP contribution in [0.15, 0.2) is 13.2 Å². The summed E-state index contributed by atoms with van der Waals surface area (Å²) >= 11 is 0. The van der Waals surface area contributed by atoms with E-state index in [0.29, 0.717) is 0 Å². The third kappa shape index (κ3) is 9.83. The van der Waals surface area contributed by atoms with E-state index in [-0.39, 0.29) is 0 Å². The van der Waals surface area contributed by atoms with Gasteiger partial charge >= 0.3 is 0 Å². The fraction of sp³-hybridized carbons (Fsp3) is 0.857. The molecule has 0 heteroatoms. The van der Waals surface area contributed by atoms with E-state index in [0.717, 1.165) is 11.8 Å². The smallest absolute Gasteiger partial charge is 0.0412 e. The zero-order chi connectivity index (χ0) is 11.4. The molecule has 0 saturated heterocycles. The molecule has 0 aromatic rings. The Bertz CT molecular complexity index is 88.2. The van der Waals surface area contributed by atoms with Gasteiger partial charge in [0.1, 0.15) is 0 Å². The van der Waals surface area contributed by atoms with Crippen LogP contribution in [0.25, 0.3) is 0 Å². The summed E-state index contributed by atoms with van der Waals surface area (Å²) in [7, 11) is 0. The van der Waals surface area contributed by atoms with E-state index in [1.165, 1.54) is 38.5 Å². The van der Waals surface area contributed by atoms with E-state index >= 15 is 0 Å². The Morgan fingerprint density at radius 3 is 1.79 bits per heavy atom. The minimum Gasteiger partial charge on any atom is -0.106 e. The molecule has 1 fully saturated rings. The van der Waals surface area contributed by atoms with Crippen LogP contribution in [0.3, 0.4) is 0 Å². The maximum Gasteiger partial charge on any atom is -0.0412 e. The second-order valence-corrected chi connectivity index (χ2v) is 4.13. The summed E-state index contributed by atoms with van der Waals surface area (Å²) in [6, 6.07) is 0. The lowest BCUT2D eigenvalue weighted by Crippen LogP contribution is -2.08. The molecule has 14 heavy (non-hydrogen) atoms. The molecule has 0 aliphatic heterocycles. The van der Waals surface area contributed by atoms with Crippen molar-refractivity contribution in [1.82, 2.24) is 0 Å². The van der Waals surface area contributed by atoms with E-state index in [1.54, 1.807) is 0 Å². The molecule has 1 aliphatic carbocycles. The average Bonchev–Trinajstić information content (AvgIpc) is 2.24. The van der Waals surface area contributed by atoms with Gasteiger partial charge in [0.05, 0.1) is 0 Å². The first-order valence-corrected chi connectivity index (χ1v) is 6.29. The molecule has 0 heterocycles. The summed E-state index contributed by atoms with van der Waals surface area (Å²) in [5.41, 5.74) is 0. The van der Waals surface area contributed by atoms with Crippen molar-refractivity contribution in [3.05, 3.63) is 13.2 Å². The highest BCUT2D eigenvalue weighted by molar-refractivity contribution is 4.66. The fourth-order valence-corrected chi connectivity index (χ4v) is 2.09. The minimum absolute atomic E-state index is 0.920. The van der Waals surface area contributed by atoms with E-state index < -0.39 is 0 Å². The van der Waals surface area contributed by atoms with Crippen molar-refractivity contribution < 1.29 is 0 Å². The highest BCUT2D eigenvalue weighted by Gasteiger charge is 2.13. The van der Waals surface area contributed by atoms with Gasteiger partial charge in [-0.1, -0.05) is 59.8 Å². The van der Waals surface area contributed by atoms with Gasteiger partial charge in [-0.15, -0.1) is 13.2 Å². The second-order valence-electron chi connectivity index (χ2n) is 4.13. The molecule has 0 radical (unpaired) electrons. The highest BCUT2D eigenvalue weighted by atomic mass is 14.2. The molecule has 0 unspecified atom stereocenters. The fourth-order valence-electron chi connectivity index (χ4n) is 2.09. The average molecular weight is 198 g/mol. The molecule has 1 rings (SSSR count). The number of rotatable bonds is 2. The summed E-state index contributed by atoms with van der Waals surface area (Å²) in [4.78, 5) is 0. The summed E-state index contributed by atoms with van der Waals surface area (Å²) in [5, 5.41) is 0. The Labute approximate surface area is 91.8 Å². The summed E-state index contributed by atoms with van der Waals surface area (Å²) in [6.45, 7) is 14.7. The van der Waals surface area contributed by atoms with Crippen LogP contribution in [-0.4, -0.2) is 0 Å². The molecule has 0 spiro atoms. The Kier molecular flexibility index (Phi) is 14.7. The zero-order valence-electron chi connectivity index (χ0n) is 10.8. The summed E-state index contributed by atoms with van der Waals surface area (Å²) in [6.07, 6.45) is 8.99. The third-order valence-corrected chi connectivity index (χ3v) is 2.53. The monoisotopic (exact) mass is 198 g/mol. The van der Waals surface area contributed by atoms with Gasteiger partial charge in [-0.3, -0.25) is 0 Å². The molecule has 0 aromatic carbocycles. The van der Waals surface area contributed by atoms with Crippen LogP contribution >= 0.6 is 0 Å². The molecule has 1 aliphatic rings. The van der Waals surface area contributed by atoms with Crippen LogP contribution in [0, 0.1) is 11.8 Å². The normalized spacial score (nSPS) is 16.4. The molecule has 0 aromatic heterocycles. The SMILES string of the molecule is C=C.CC.CC(C)CC1CCCCC1. The van der Waals surface area contributed by atoms with Crippen molar-refractivity contribution in [2.75, 3.05) is 0 Å². The molecule has 0 amide bonds. The first-order chi connectivity index (χ1) is 6.79. The van der Waals surface area contributed by atoms with Gasteiger partial charge in [0, 0.05) is 0 Å². The van der Waals surface area contributed by atoms with Crippen LogP contribution in [0.4, 0.5) is 0 Å². The quantitative estimate of drug-likeness (QED) is 0.518. The van der Waals surface area contributed by atoms with E-state index in [1.807, 2.05) is 13.8 Å². The Balaban J connectivity index is 0.